The minimum atomic E-state index is -0.732. The average molecular weight is 296 g/mol. The van der Waals surface area contributed by atoms with E-state index in [-0.39, 0.29) is 11.4 Å². The van der Waals surface area contributed by atoms with Gasteiger partial charge < -0.3 is 14.6 Å². The summed E-state index contributed by atoms with van der Waals surface area (Å²) in [5.41, 5.74) is -0.318. The van der Waals surface area contributed by atoms with E-state index in [1.165, 1.54) is 13.2 Å². The van der Waals surface area contributed by atoms with E-state index in [0.29, 0.717) is 24.7 Å². The molecule has 0 unspecified atom stereocenters. The highest BCUT2D eigenvalue weighted by Gasteiger charge is 2.19. The molecule has 0 aliphatic rings. The summed E-state index contributed by atoms with van der Waals surface area (Å²) in [6, 6.07) is 2.06. The van der Waals surface area contributed by atoms with Crippen molar-refractivity contribution in [2.24, 2.45) is 0 Å². The van der Waals surface area contributed by atoms with Crippen molar-refractivity contribution < 1.29 is 18.6 Å². The highest BCUT2D eigenvalue weighted by Crippen LogP contribution is 2.32. The lowest BCUT2D eigenvalue weighted by Crippen LogP contribution is -2.07. The van der Waals surface area contributed by atoms with Gasteiger partial charge in [0.15, 0.2) is 17.4 Å². The third kappa shape index (κ3) is 3.44. The molecule has 1 aromatic carbocycles. The van der Waals surface area contributed by atoms with Crippen LogP contribution in [0.5, 0.6) is 5.75 Å². The van der Waals surface area contributed by atoms with Crippen molar-refractivity contribution in [1.82, 2.24) is 10.1 Å². The number of aryl methyl sites for hydroxylation is 1. The van der Waals surface area contributed by atoms with E-state index in [1.807, 2.05) is 0 Å². The molecule has 1 N–H and O–H groups in total. The molecule has 0 bridgehead atoms. The van der Waals surface area contributed by atoms with Crippen LogP contribution in [0, 0.1) is 22.9 Å². The van der Waals surface area contributed by atoms with Crippen LogP contribution in [0.4, 0.5) is 15.8 Å². The molecule has 112 valence electrons. The van der Waals surface area contributed by atoms with Gasteiger partial charge in [-0.05, 0) is 6.92 Å². The average Bonchev–Trinajstić information content (AvgIpc) is 2.85. The van der Waals surface area contributed by atoms with E-state index >= 15 is 0 Å². The molecule has 0 radical (unpaired) electrons. The Morgan fingerprint density at radius 1 is 1.52 bits per heavy atom. The number of anilines is 1. The Morgan fingerprint density at radius 2 is 2.29 bits per heavy atom. The lowest BCUT2D eigenvalue weighted by Gasteiger charge is -2.08. The molecule has 9 heteroatoms. The maximum atomic E-state index is 13.8. The molecule has 1 heterocycles. The Morgan fingerprint density at radius 3 is 2.86 bits per heavy atom. The van der Waals surface area contributed by atoms with Gasteiger partial charge in [-0.2, -0.15) is 4.98 Å². The first kappa shape index (κ1) is 14.7. The van der Waals surface area contributed by atoms with Crippen molar-refractivity contribution in [2.75, 3.05) is 19.0 Å². The number of nitro groups is 1. The summed E-state index contributed by atoms with van der Waals surface area (Å²) in [7, 11) is 1.28. The highest BCUT2D eigenvalue weighted by molar-refractivity contribution is 5.59. The number of aromatic nitrogens is 2. The molecule has 0 amide bonds. The Bertz CT molecular complexity index is 659. The van der Waals surface area contributed by atoms with Gasteiger partial charge in [-0.25, -0.2) is 4.39 Å². The summed E-state index contributed by atoms with van der Waals surface area (Å²) in [5.74, 6) is 0.198. The molecule has 0 aliphatic heterocycles. The molecule has 0 spiro atoms. The van der Waals surface area contributed by atoms with Crippen LogP contribution in [-0.2, 0) is 6.42 Å². The van der Waals surface area contributed by atoms with Crippen LogP contribution < -0.4 is 10.1 Å². The molecule has 0 aliphatic carbocycles. The summed E-state index contributed by atoms with van der Waals surface area (Å²) < 4.78 is 23.6. The van der Waals surface area contributed by atoms with E-state index in [4.69, 9.17) is 9.26 Å². The number of halogens is 1. The van der Waals surface area contributed by atoms with Gasteiger partial charge in [-0.1, -0.05) is 5.16 Å². The van der Waals surface area contributed by atoms with Gasteiger partial charge in [0.2, 0.25) is 5.89 Å². The number of hydrogen-bond acceptors (Lipinski definition) is 7. The van der Waals surface area contributed by atoms with Crippen molar-refractivity contribution in [3.63, 3.8) is 0 Å². The Kier molecular flexibility index (Phi) is 4.31. The summed E-state index contributed by atoms with van der Waals surface area (Å²) >= 11 is 0. The molecule has 0 fully saturated rings. The third-order valence-electron chi connectivity index (χ3n) is 2.69. The molecule has 2 aromatic rings. The van der Waals surface area contributed by atoms with Crippen molar-refractivity contribution in [3.05, 3.63) is 39.8 Å². The Hall–Kier alpha value is -2.71. The minimum absolute atomic E-state index is 0.0162. The maximum Gasteiger partial charge on any atom is 0.313 e. The van der Waals surface area contributed by atoms with Crippen molar-refractivity contribution in [1.29, 1.82) is 0 Å². The topological polar surface area (TPSA) is 103 Å². The summed E-state index contributed by atoms with van der Waals surface area (Å²) in [6.45, 7) is 2.03. The molecular weight excluding hydrogens is 283 g/mol. The molecule has 8 nitrogen and oxygen atoms in total. The molecule has 2 rings (SSSR count). The number of nitrogens with zero attached hydrogens (tertiary/aromatic N) is 3. The van der Waals surface area contributed by atoms with Crippen molar-refractivity contribution in [2.45, 2.75) is 13.3 Å². The predicted octanol–water partition coefficient (Wildman–Crippen LogP) is 2.09. The van der Waals surface area contributed by atoms with Gasteiger partial charge in [0, 0.05) is 19.0 Å². The number of nitro benzene ring substituents is 1. The molecular formula is C12H13FN4O4. The van der Waals surface area contributed by atoms with Crippen LogP contribution >= 0.6 is 0 Å². The first-order valence-electron chi connectivity index (χ1n) is 6.06. The summed E-state index contributed by atoms with van der Waals surface area (Å²) in [5, 5.41) is 17.2. The second kappa shape index (κ2) is 6.16. The smallest absolute Gasteiger partial charge is 0.313 e. The van der Waals surface area contributed by atoms with Gasteiger partial charge >= 0.3 is 5.69 Å². The van der Waals surface area contributed by atoms with Crippen LogP contribution in [0.3, 0.4) is 0 Å². The second-order valence-corrected chi connectivity index (χ2v) is 4.17. The number of nitrogens with one attached hydrogen (secondary N) is 1. The quantitative estimate of drug-likeness (QED) is 0.643. The fourth-order valence-corrected chi connectivity index (χ4v) is 1.73. The molecule has 21 heavy (non-hydrogen) atoms. The zero-order chi connectivity index (χ0) is 15.4. The monoisotopic (exact) mass is 296 g/mol. The van der Waals surface area contributed by atoms with Gasteiger partial charge in [0.05, 0.1) is 23.8 Å². The summed E-state index contributed by atoms with van der Waals surface area (Å²) in [6.07, 6.45) is 0.402. The van der Waals surface area contributed by atoms with Crippen molar-refractivity contribution >= 4 is 11.4 Å². The normalized spacial score (nSPS) is 10.4. The molecule has 0 saturated heterocycles. The lowest BCUT2D eigenvalue weighted by molar-refractivity contribution is -0.385. The molecule has 1 aromatic heterocycles. The van der Waals surface area contributed by atoms with Gasteiger partial charge in [0.25, 0.3) is 0 Å². The largest absolute Gasteiger partial charge is 0.490 e. The fourth-order valence-electron chi connectivity index (χ4n) is 1.73. The van der Waals surface area contributed by atoms with E-state index in [9.17, 15) is 14.5 Å². The van der Waals surface area contributed by atoms with Crippen LogP contribution in [0.25, 0.3) is 0 Å². The maximum absolute atomic E-state index is 13.8. The zero-order valence-electron chi connectivity index (χ0n) is 11.4. The minimum Gasteiger partial charge on any atom is -0.490 e. The van der Waals surface area contributed by atoms with Crippen LogP contribution in [0.2, 0.25) is 0 Å². The fraction of sp³-hybridized carbons (Fsp3) is 0.333. The predicted molar refractivity (Wildman–Crippen MR) is 70.8 cm³/mol. The van der Waals surface area contributed by atoms with Crippen LogP contribution in [0.1, 0.15) is 11.7 Å². The van der Waals surface area contributed by atoms with E-state index < -0.39 is 16.4 Å². The van der Waals surface area contributed by atoms with Gasteiger partial charge in [-0.3, -0.25) is 10.1 Å². The van der Waals surface area contributed by atoms with E-state index in [1.54, 1.807) is 6.92 Å². The number of ether oxygens (including phenoxy) is 1. The first-order chi connectivity index (χ1) is 10.0. The zero-order valence-corrected chi connectivity index (χ0v) is 11.4. The van der Waals surface area contributed by atoms with Crippen LogP contribution in [0.15, 0.2) is 16.7 Å². The van der Waals surface area contributed by atoms with Gasteiger partial charge in [0.1, 0.15) is 0 Å². The molecule has 0 atom stereocenters. The number of rotatable bonds is 6. The van der Waals surface area contributed by atoms with Gasteiger partial charge in [-0.15, -0.1) is 0 Å². The first-order valence-corrected chi connectivity index (χ1v) is 6.06. The number of methoxy groups -OCH3 is 1. The number of hydrogen-bond donors (Lipinski definition) is 1. The molecule has 0 saturated carbocycles. The second-order valence-electron chi connectivity index (χ2n) is 4.17. The standard InChI is InChI=1S/C12H13FN4O4/c1-7-15-12(21-16-7)3-4-14-9-6-11(20-2)10(17(18)19)5-8(9)13/h5-6,14H,3-4H2,1-2H3. The SMILES string of the molecule is COc1cc(NCCc2nc(C)no2)c(F)cc1[N+](=O)[O-]. The Balaban J connectivity index is 2.07. The lowest BCUT2D eigenvalue weighted by atomic mass is 10.2. The number of benzene rings is 1. The summed E-state index contributed by atoms with van der Waals surface area (Å²) in [4.78, 5) is 14.1. The third-order valence-corrected chi connectivity index (χ3v) is 2.69. The van der Waals surface area contributed by atoms with Crippen LogP contribution in [-0.4, -0.2) is 28.7 Å². The van der Waals surface area contributed by atoms with E-state index in [0.717, 1.165) is 6.07 Å². The van der Waals surface area contributed by atoms with Crippen molar-refractivity contribution in [3.8, 4) is 5.75 Å². The Labute approximate surface area is 119 Å². The highest BCUT2D eigenvalue weighted by atomic mass is 19.1. The van der Waals surface area contributed by atoms with E-state index in [2.05, 4.69) is 15.5 Å².